The first-order chi connectivity index (χ1) is 14.0. The average molecular weight is 409 g/mol. The molecule has 0 heterocycles. The maximum absolute atomic E-state index is 10.6. The van der Waals surface area contributed by atoms with Crippen LogP contribution in [0.25, 0.3) is 0 Å². The van der Waals surface area contributed by atoms with Gasteiger partial charge in [-0.25, -0.2) is 0 Å². The number of ether oxygens (including phenoxy) is 2. The van der Waals surface area contributed by atoms with Crippen LogP contribution in [0.2, 0.25) is 0 Å². The Morgan fingerprint density at radius 1 is 1.10 bits per heavy atom. The summed E-state index contributed by atoms with van der Waals surface area (Å²) in [6, 6.07) is 5.69. The van der Waals surface area contributed by atoms with E-state index >= 15 is 0 Å². The quantitative estimate of drug-likeness (QED) is 0.344. The summed E-state index contributed by atoms with van der Waals surface area (Å²) in [4.78, 5) is 7.00. The fourth-order valence-electron chi connectivity index (χ4n) is 3.09. The number of aliphatic hydroxyl groups is 1. The Bertz CT molecular complexity index is 583. The van der Waals surface area contributed by atoms with Gasteiger partial charge >= 0.3 is 0 Å². The molecule has 0 aromatic heterocycles. The molecule has 0 aliphatic carbocycles. The molecule has 7 heteroatoms. The molecule has 0 saturated carbocycles. The molecule has 0 aliphatic rings. The summed E-state index contributed by atoms with van der Waals surface area (Å²) < 4.78 is 10.6. The molecule has 0 saturated heterocycles. The van der Waals surface area contributed by atoms with Gasteiger partial charge in [0.2, 0.25) is 0 Å². The third-order valence-electron chi connectivity index (χ3n) is 4.91. The van der Waals surface area contributed by atoms with E-state index in [9.17, 15) is 5.11 Å². The van der Waals surface area contributed by atoms with Crippen LogP contribution in [0.1, 0.15) is 52.2 Å². The minimum atomic E-state index is -0.743. The van der Waals surface area contributed by atoms with Crippen molar-refractivity contribution in [2.45, 2.75) is 52.7 Å². The van der Waals surface area contributed by atoms with Gasteiger partial charge in [-0.15, -0.1) is 0 Å². The van der Waals surface area contributed by atoms with E-state index in [0.29, 0.717) is 23.1 Å². The number of nitrogens with one attached hydrogen (secondary N) is 2. The molecule has 1 rings (SSSR count). The lowest BCUT2D eigenvalue weighted by molar-refractivity contribution is 0.186. The van der Waals surface area contributed by atoms with Gasteiger partial charge in [-0.05, 0) is 64.0 Å². The van der Waals surface area contributed by atoms with Crippen molar-refractivity contribution in [3.8, 4) is 11.5 Å². The average Bonchev–Trinajstić information content (AvgIpc) is 2.74. The van der Waals surface area contributed by atoms with Gasteiger partial charge in [-0.2, -0.15) is 0 Å². The predicted octanol–water partition coefficient (Wildman–Crippen LogP) is 2.80. The lowest BCUT2D eigenvalue weighted by atomic mass is 10.1. The van der Waals surface area contributed by atoms with Gasteiger partial charge in [0.15, 0.2) is 5.96 Å². The zero-order chi connectivity index (χ0) is 21.6. The van der Waals surface area contributed by atoms with E-state index in [-0.39, 0.29) is 6.54 Å². The van der Waals surface area contributed by atoms with Crippen LogP contribution in [-0.4, -0.2) is 69.0 Å². The zero-order valence-electron chi connectivity index (χ0n) is 19.0. The topological polar surface area (TPSA) is 78.4 Å². The first-order valence-corrected chi connectivity index (χ1v) is 10.6. The van der Waals surface area contributed by atoms with Crippen molar-refractivity contribution in [2.24, 2.45) is 4.99 Å². The van der Waals surface area contributed by atoms with E-state index < -0.39 is 6.10 Å². The molecular formula is C22H40N4O3. The third-order valence-corrected chi connectivity index (χ3v) is 4.91. The number of hydrogen-bond donors (Lipinski definition) is 3. The summed E-state index contributed by atoms with van der Waals surface area (Å²) in [7, 11) is 3.19. The van der Waals surface area contributed by atoms with Gasteiger partial charge in [0.25, 0.3) is 0 Å². The van der Waals surface area contributed by atoms with Crippen molar-refractivity contribution in [3.63, 3.8) is 0 Å². The number of nitrogens with zero attached hydrogens (tertiary/aromatic N) is 2. The van der Waals surface area contributed by atoms with Gasteiger partial charge in [0.1, 0.15) is 11.5 Å². The maximum atomic E-state index is 10.6. The van der Waals surface area contributed by atoms with Crippen LogP contribution >= 0.6 is 0 Å². The van der Waals surface area contributed by atoms with Crippen molar-refractivity contribution in [1.82, 2.24) is 15.5 Å². The van der Waals surface area contributed by atoms with Crippen LogP contribution < -0.4 is 20.1 Å². The molecule has 1 aromatic rings. The Labute approximate surface area is 176 Å². The molecule has 1 aromatic carbocycles. The van der Waals surface area contributed by atoms with Gasteiger partial charge in [0.05, 0.1) is 26.9 Å². The Balaban J connectivity index is 2.66. The van der Waals surface area contributed by atoms with Crippen LogP contribution in [0.15, 0.2) is 23.2 Å². The summed E-state index contributed by atoms with van der Waals surface area (Å²) in [5, 5.41) is 17.3. The Kier molecular flexibility index (Phi) is 12.1. The number of aliphatic hydroxyl groups excluding tert-OH is 1. The Morgan fingerprint density at radius 3 is 2.24 bits per heavy atom. The van der Waals surface area contributed by atoms with Crippen LogP contribution in [-0.2, 0) is 0 Å². The monoisotopic (exact) mass is 408 g/mol. The van der Waals surface area contributed by atoms with E-state index in [1.54, 1.807) is 32.4 Å². The molecule has 0 radical (unpaired) electrons. The summed E-state index contributed by atoms with van der Waals surface area (Å²) in [6.07, 6.45) is 1.46. The standard InChI is InChI=1S/C22H40N4O3/c1-7-23-22(25-17(4)11-10-12-26(8-2)9-3)24-16-21(27)18-13-19(28-5)15-20(14-18)29-6/h13-15,17,21,27H,7-12,16H2,1-6H3,(H2,23,24,25). The highest BCUT2D eigenvalue weighted by atomic mass is 16.5. The van der Waals surface area contributed by atoms with Crippen LogP contribution in [0, 0.1) is 0 Å². The van der Waals surface area contributed by atoms with Crippen molar-refractivity contribution in [3.05, 3.63) is 23.8 Å². The second-order valence-corrected chi connectivity index (χ2v) is 7.10. The fraction of sp³-hybridized carbons (Fsp3) is 0.682. The molecule has 166 valence electrons. The maximum Gasteiger partial charge on any atom is 0.191 e. The minimum Gasteiger partial charge on any atom is -0.497 e. The molecule has 2 atom stereocenters. The van der Waals surface area contributed by atoms with Gasteiger partial charge in [0, 0.05) is 18.7 Å². The number of methoxy groups -OCH3 is 2. The summed E-state index contributed by atoms with van der Waals surface area (Å²) in [5.41, 5.74) is 0.716. The predicted molar refractivity (Wildman–Crippen MR) is 120 cm³/mol. The third kappa shape index (κ3) is 9.37. The Hall–Kier alpha value is -1.99. The molecule has 7 nitrogen and oxygen atoms in total. The highest BCUT2D eigenvalue weighted by Crippen LogP contribution is 2.26. The second-order valence-electron chi connectivity index (χ2n) is 7.10. The number of guanidine groups is 1. The van der Waals surface area contributed by atoms with E-state index in [0.717, 1.165) is 45.0 Å². The lowest BCUT2D eigenvalue weighted by Crippen LogP contribution is -2.42. The highest BCUT2D eigenvalue weighted by molar-refractivity contribution is 5.80. The summed E-state index contributed by atoms with van der Waals surface area (Å²) in [6.45, 7) is 12.9. The number of aliphatic imine (C=N–C) groups is 1. The van der Waals surface area contributed by atoms with Crippen molar-refractivity contribution < 1.29 is 14.6 Å². The lowest BCUT2D eigenvalue weighted by Gasteiger charge is -2.21. The molecule has 0 spiro atoms. The van der Waals surface area contributed by atoms with Crippen molar-refractivity contribution in [1.29, 1.82) is 0 Å². The smallest absolute Gasteiger partial charge is 0.191 e. The first kappa shape index (κ1) is 25.0. The van der Waals surface area contributed by atoms with E-state index in [1.165, 1.54) is 0 Å². The van der Waals surface area contributed by atoms with Gasteiger partial charge in [-0.1, -0.05) is 13.8 Å². The molecule has 0 bridgehead atoms. The van der Waals surface area contributed by atoms with Crippen LogP contribution in [0.5, 0.6) is 11.5 Å². The molecule has 0 aliphatic heterocycles. The fourth-order valence-corrected chi connectivity index (χ4v) is 3.09. The van der Waals surface area contributed by atoms with E-state index in [4.69, 9.17) is 9.47 Å². The van der Waals surface area contributed by atoms with Crippen LogP contribution in [0.3, 0.4) is 0 Å². The summed E-state index contributed by atoms with van der Waals surface area (Å²) >= 11 is 0. The van der Waals surface area contributed by atoms with Crippen LogP contribution in [0.4, 0.5) is 0 Å². The second kappa shape index (κ2) is 14.1. The van der Waals surface area contributed by atoms with Gasteiger partial charge < -0.3 is 30.1 Å². The zero-order valence-corrected chi connectivity index (χ0v) is 19.0. The van der Waals surface area contributed by atoms with Gasteiger partial charge in [-0.3, -0.25) is 4.99 Å². The molecular weight excluding hydrogens is 368 g/mol. The Morgan fingerprint density at radius 2 is 1.72 bits per heavy atom. The SMILES string of the molecule is CCNC(=NCC(O)c1cc(OC)cc(OC)c1)NC(C)CCCN(CC)CC. The number of rotatable bonds is 13. The van der Waals surface area contributed by atoms with Crippen molar-refractivity contribution >= 4 is 5.96 Å². The molecule has 0 amide bonds. The van der Waals surface area contributed by atoms with E-state index in [1.807, 2.05) is 6.92 Å². The minimum absolute atomic E-state index is 0.248. The largest absolute Gasteiger partial charge is 0.497 e. The van der Waals surface area contributed by atoms with E-state index in [2.05, 4.69) is 41.3 Å². The van der Waals surface area contributed by atoms with Crippen molar-refractivity contribution in [2.75, 3.05) is 46.9 Å². The first-order valence-electron chi connectivity index (χ1n) is 10.6. The molecule has 29 heavy (non-hydrogen) atoms. The number of benzene rings is 1. The highest BCUT2D eigenvalue weighted by Gasteiger charge is 2.12. The normalized spacial score (nSPS) is 13.9. The number of hydrogen-bond acceptors (Lipinski definition) is 5. The molecule has 0 fully saturated rings. The summed E-state index contributed by atoms with van der Waals surface area (Å²) in [5.74, 6) is 2.01. The molecule has 2 unspecified atom stereocenters. The molecule has 3 N–H and O–H groups in total.